The highest BCUT2D eigenvalue weighted by molar-refractivity contribution is 7.90. The van der Waals surface area contributed by atoms with Crippen LogP contribution in [0.3, 0.4) is 0 Å². The molecule has 1 saturated heterocycles. The third-order valence-corrected chi connectivity index (χ3v) is 4.85. The summed E-state index contributed by atoms with van der Waals surface area (Å²) in [6.07, 6.45) is 3.79. The maximum absolute atomic E-state index is 12.4. The number of nitrogens with one attached hydrogen (secondary N) is 1. The van der Waals surface area contributed by atoms with Gasteiger partial charge >= 0.3 is 0 Å². The fourth-order valence-corrected chi connectivity index (χ4v) is 3.44. The molecule has 0 unspecified atom stereocenters. The smallest absolute Gasteiger partial charge is 0.283 e. The molecule has 120 valence electrons. The van der Waals surface area contributed by atoms with E-state index in [1.54, 1.807) is 12.1 Å². The highest BCUT2D eigenvalue weighted by Crippen LogP contribution is 2.19. The summed E-state index contributed by atoms with van der Waals surface area (Å²) in [4.78, 5) is 13.0. The molecule has 1 aromatic carbocycles. The number of sulfonamides is 1. The quantitative estimate of drug-likeness (QED) is 0.925. The van der Waals surface area contributed by atoms with E-state index in [4.69, 9.17) is 0 Å². The van der Waals surface area contributed by atoms with Crippen molar-refractivity contribution in [2.45, 2.75) is 37.5 Å². The normalized spacial score (nSPS) is 18.1. The molecule has 1 aliphatic heterocycles. The molecule has 0 radical (unpaired) electrons. The molecular formula is C15H21N3O3S. The second-order valence-electron chi connectivity index (χ2n) is 5.42. The van der Waals surface area contributed by atoms with E-state index in [9.17, 15) is 13.2 Å². The molecule has 1 heterocycles. The number of nitrogens with zero attached hydrogens (tertiary/aromatic N) is 2. The predicted molar refractivity (Wildman–Crippen MR) is 86.5 cm³/mol. The summed E-state index contributed by atoms with van der Waals surface area (Å²) >= 11 is 0. The number of rotatable bonds is 3. The summed E-state index contributed by atoms with van der Waals surface area (Å²) in [5.41, 5.74) is 0.561. The maximum Gasteiger partial charge on any atom is 0.283 e. The molecule has 0 aliphatic carbocycles. The van der Waals surface area contributed by atoms with Crippen LogP contribution in [0.15, 0.2) is 33.6 Å². The first-order valence-electron chi connectivity index (χ1n) is 7.31. The number of carbonyl (C=O) groups excluding carboxylic acids is 1. The molecule has 0 saturated carbocycles. The van der Waals surface area contributed by atoms with E-state index >= 15 is 0 Å². The van der Waals surface area contributed by atoms with Crippen molar-refractivity contribution in [3.8, 4) is 0 Å². The Hall–Kier alpha value is -1.89. The van der Waals surface area contributed by atoms with Crippen molar-refractivity contribution in [3.63, 3.8) is 0 Å². The number of hydrogen-bond acceptors (Lipinski definition) is 3. The van der Waals surface area contributed by atoms with Crippen molar-refractivity contribution < 1.29 is 13.2 Å². The molecule has 0 aromatic heterocycles. The lowest BCUT2D eigenvalue weighted by Gasteiger charge is -2.17. The van der Waals surface area contributed by atoms with E-state index < -0.39 is 10.0 Å². The lowest BCUT2D eigenvalue weighted by atomic mass is 10.2. The van der Waals surface area contributed by atoms with Gasteiger partial charge in [-0.05, 0) is 37.1 Å². The second kappa shape index (κ2) is 6.91. The second-order valence-corrected chi connectivity index (χ2v) is 7.02. The molecule has 1 fully saturated rings. The third-order valence-electron chi connectivity index (χ3n) is 3.53. The molecule has 6 nitrogen and oxygen atoms in total. The molecular weight excluding hydrogens is 302 g/mol. The van der Waals surface area contributed by atoms with Crippen LogP contribution in [0.25, 0.3) is 0 Å². The fourth-order valence-electron chi connectivity index (χ4n) is 2.35. The first kappa shape index (κ1) is 16.5. The number of benzene rings is 1. The molecule has 2 rings (SSSR count). The van der Waals surface area contributed by atoms with E-state index in [2.05, 4.69) is 9.71 Å². The first-order valence-corrected chi connectivity index (χ1v) is 8.75. The SMILES string of the molecule is CC(=O)Nc1ccc(S(=O)(=O)/N=C2\CCCCCN2C)cc1. The van der Waals surface area contributed by atoms with Crippen LogP contribution >= 0.6 is 0 Å². The summed E-state index contributed by atoms with van der Waals surface area (Å²) in [6, 6.07) is 6.04. The lowest BCUT2D eigenvalue weighted by Crippen LogP contribution is -2.26. The Kier molecular flexibility index (Phi) is 5.18. The monoisotopic (exact) mass is 323 g/mol. The summed E-state index contributed by atoms with van der Waals surface area (Å²) in [6.45, 7) is 2.23. The van der Waals surface area contributed by atoms with Crippen molar-refractivity contribution in [1.82, 2.24) is 4.90 Å². The largest absolute Gasteiger partial charge is 0.362 e. The van der Waals surface area contributed by atoms with Crippen LogP contribution in [0.1, 0.15) is 32.6 Å². The van der Waals surface area contributed by atoms with Gasteiger partial charge in [0.2, 0.25) is 5.91 Å². The van der Waals surface area contributed by atoms with Crippen molar-refractivity contribution in [1.29, 1.82) is 0 Å². The van der Waals surface area contributed by atoms with Crippen LogP contribution in [-0.4, -0.2) is 38.7 Å². The minimum absolute atomic E-state index is 0.131. The Bertz CT molecular complexity index is 666. The summed E-state index contributed by atoms with van der Waals surface area (Å²) in [5, 5.41) is 2.60. The minimum Gasteiger partial charge on any atom is -0.362 e. The standard InChI is InChI=1S/C15H21N3O3S/c1-12(19)16-13-7-9-14(10-8-13)22(20,21)17-15-6-4-3-5-11-18(15)2/h7-10H,3-6,11H2,1-2H3,(H,16,19)/b17-15+. The zero-order chi connectivity index (χ0) is 16.2. The number of amides is 1. The Balaban J connectivity index is 2.24. The summed E-state index contributed by atoms with van der Waals surface area (Å²) < 4.78 is 28.8. The zero-order valence-electron chi connectivity index (χ0n) is 12.9. The van der Waals surface area contributed by atoms with Gasteiger partial charge in [-0.25, -0.2) is 0 Å². The average Bonchev–Trinajstić information content (AvgIpc) is 2.64. The van der Waals surface area contributed by atoms with Gasteiger partial charge in [0.05, 0.1) is 4.90 Å². The molecule has 0 atom stereocenters. The number of anilines is 1. The lowest BCUT2D eigenvalue weighted by molar-refractivity contribution is -0.114. The van der Waals surface area contributed by atoms with Gasteiger partial charge in [-0.1, -0.05) is 6.42 Å². The van der Waals surface area contributed by atoms with Crippen LogP contribution in [0, 0.1) is 0 Å². The van der Waals surface area contributed by atoms with E-state index in [-0.39, 0.29) is 10.8 Å². The van der Waals surface area contributed by atoms with Crippen LogP contribution in [-0.2, 0) is 14.8 Å². The molecule has 7 heteroatoms. The van der Waals surface area contributed by atoms with Gasteiger partial charge in [0.15, 0.2) is 0 Å². The highest BCUT2D eigenvalue weighted by atomic mass is 32.2. The van der Waals surface area contributed by atoms with Crippen molar-refractivity contribution in [3.05, 3.63) is 24.3 Å². The maximum atomic E-state index is 12.4. The fraction of sp³-hybridized carbons (Fsp3) is 0.467. The van der Waals surface area contributed by atoms with E-state index in [0.717, 1.165) is 25.8 Å². The van der Waals surface area contributed by atoms with Crippen molar-refractivity contribution in [2.75, 3.05) is 18.9 Å². The van der Waals surface area contributed by atoms with Gasteiger partial charge in [-0.15, -0.1) is 4.40 Å². The topological polar surface area (TPSA) is 78.8 Å². The van der Waals surface area contributed by atoms with Crippen LogP contribution < -0.4 is 5.32 Å². The first-order chi connectivity index (χ1) is 10.4. The van der Waals surface area contributed by atoms with Gasteiger partial charge in [0.25, 0.3) is 10.0 Å². The van der Waals surface area contributed by atoms with Crippen LogP contribution in [0.2, 0.25) is 0 Å². The molecule has 1 amide bonds. The van der Waals surface area contributed by atoms with Crippen molar-refractivity contribution >= 4 is 27.5 Å². The Morgan fingerprint density at radius 1 is 1.18 bits per heavy atom. The number of likely N-dealkylation sites (tertiary alicyclic amines) is 1. The molecule has 1 aromatic rings. The average molecular weight is 323 g/mol. The predicted octanol–water partition coefficient (Wildman–Crippen LogP) is 2.24. The summed E-state index contributed by atoms with van der Waals surface area (Å²) in [7, 11) is -1.85. The Labute approximate surface area is 131 Å². The van der Waals surface area contributed by atoms with Gasteiger partial charge < -0.3 is 10.2 Å². The highest BCUT2D eigenvalue weighted by Gasteiger charge is 2.18. The molecule has 0 bridgehead atoms. The molecule has 1 N–H and O–H groups in total. The van der Waals surface area contributed by atoms with E-state index in [0.29, 0.717) is 17.9 Å². The van der Waals surface area contributed by atoms with E-state index in [1.165, 1.54) is 19.1 Å². The van der Waals surface area contributed by atoms with E-state index in [1.807, 2.05) is 11.9 Å². The Morgan fingerprint density at radius 2 is 1.86 bits per heavy atom. The molecule has 1 aliphatic rings. The van der Waals surface area contributed by atoms with Gasteiger partial charge in [-0.3, -0.25) is 4.79 Å². The van der Waals surface area contributed by atoms with Crippen molar-refractivity contribution in [2.24, 2.45) is 4.40 Å². The minimum atomic E-state index is -3.72. The van der Waals surface area contributed by atoms with Gasteiger partial charge in [0.1, 0.15) is 5.84 Å². The number of hydrogen-bond donors (Lipinski definition) is 1. The van der Waals surface area contributed by atoms with Crippen LogP contribution in [0.4, 0.5) is 5.69 Å². The van der Waals surface area contributed by atoms with Gasteiger partial charge in [-0.2, -0.15) is 8.42 Å². The zero-order valence-corrected chi connectivity index (χ0v) is 13.7. The number of carbonyl (C=O) groups is 1. The summed E-state index contributed by atoms with van der Waals surface area (Å²) in [5.74, 6) is 0.416. The third kappa shape index (κ3) is 4.30. The number of amidine groups is 1. The van der Waals surface area contributed by atoms with Gasteiger partial charge in [0, 0.05) is 32.6 Å². The Morgan fingerprint density at radius 3 is 2.50 bits per heavy atom. The molecule has 22 heavy (non-hydrogen) atoms. The van der Waals surface area contributed by atoms with Crippen LogP contribution in [0.5, 0.6) is 0 Å². The molecule has 0 spiro atoms.